The van der Waals surface area contributed by atoms with Gasteiger partial charge in [0.25, 0.3) is 0 Å². The van der Waals surface area contributed by atoms with Gasteiger partial charge >= 0.3 is 0 Å². The van der Waals surface area contributed by atoms with Gasteiger partial charge in [-0.2, -0.15) is 0 Å². The summed E-state index contributed by atoms with van der Waals surface area (Å²) in [5.41, 5.74) is 0.621. The van der Waals surface area contributed by atoms with Crippen LogP contribution in [-0.2, 0) is 4.79 Å². The number of hydrogen-bond acceptors (Lipinski definition) is 1. The van der Waals surface area contributed by atoms with E-state index in [1.807, 2.05) is 27.7 Å². The van der Waals surface area contributed by atoms with Crippen molar-refractivity contribution in [3.8, 4) is 11.8 Å². The smallest absolute Gasteiger partial charge is 0.231 e. The summed E-state index contributed by atoms with van der Waals surface area (Å²) in [6.07, 6.45) is 1.78. The van der Waals surface area contributed by atoms with Gasteiger partial charge in [-0.3, -0.25) is 4.79 Å². The van der Waals surface area contributed by atoms with E-state index in [-0.39, 0.29) is 11.2 Å². The lowest BCUT2D eigenvalue weighted by atomic mass is 9.97. The van der Waals surface area contributed by atoms with E-state index in [1.54, 1.807) is 13.0 Å². The van der Waals surface area contributed by atoms with Crippen molar-refractivity contribution in [2.24, 2.45) is 5.41 Å². The molecule has 0 aromatic rings. The maximum Gasteiger partial charge on any atom is 0.231 e. The molecule has 0 amide bonds. The Hall–Kier alpha value is -1.03. The SMILES string of the molecule is C/C=C(\C)C(=O)C#CC(C)(C)C. The minimum Gasteiger partial charge on any atom is -0.280 e. The van der Waals surface area contributed by atoms with Crippen LogP contribution in [0.15, 0.2) is 11.6 Å². The van der Waals surface area contributed by atoms with Crippen molar-refractivity contribution in [2.45, 2.75) is 34.6 Å². The molecule has 66 valence electrons. The predicted molar refractivity (Wildman–Crippen MR) is 51.7 cm³/mol. The molecule has 0 atom stereocenters. The second-order valence-electron chi connectivity index (χ2n) is 3.80. The Morgan fingerprint density at radius 2 is 1.83 bits per heavy atom. The Labute approximate surface area is 74.9 Å². The first-order chi connectivity index (χ1) is 5.37. The minimum absolute atomic E-state index is 0.0765. The number of hydrogen-bond donors (Lipinski definition) is 0. The molecule has 0 fully saturated rings. The van der Waals surface area contributed by atoms with Crippen LogP contribution < -0.4 is 0 Å². The summed E-state index contributed by atoms with van der Waals surface area (Å²) in [4.78, 5) is 11.2. The maximum absolute atomic E-state index is 11.2. The lowest BCUT2D eigenvalue weighted by Crippen LogP contribution is -2.02. The number of rotatable bonds is 1. The normalized spacial score (nSPS) is 11.9. The topological polar surface area (TPSA) is 17.1 Å². The fourth-order valence-electron chi connectivity index (χ4n) is 0.474. The first-order valence-electron chi connectivity index (χ1n) is 4.07. The molecular formula is C11H16O. The standard InChI is InChI=1S/C11H16O/c1-6-9(2)10(12)7-8-11(3,4)5/h6H,1-5H3/b9-6+. The largest absolute Gasteiger partial charge is 0.280 e. The molecule has 0 radical (unpaired) electrons. The van der Waals surface area contributed by atoms with Gasteiger partial charge in [0.15, 0.2) is 0 Å². The van der Waals surface area contributed by atoms with Crippen LogP contribution in [0, 0.1) is 17.3 Å². The number of carbonyl (C=O) groups is 1. The fraction of sp³-hybridized carbons (Fsp3) is 0.545. The Kier molecular flexibility index (Phi) is 3.76. The molecule has 0 spiro atoms. The van der Waals surface area contributed by atoms with E-state index in [0.29, 0.717) is 5.57 Å². The molecule has 0 aliphatic carbocycles. The lowest BCUT2D eigenvalue weighted by Gasteiger charge is -2.06. The number of carbonyl (C=O) groups excluding carboxylic acids is 1. The molecule has 0 aromatic heterocycles. The summed E-state index contributed by atoms with van der Waals surface area (Å²) in [6, 6.07) is 0. The number of Topliss-reactive ketones (excluding diaryl/α,β-unsaturated/α-hetero) is 1. The molecule has 0 saturated carbocycles. The van der Waals surface area contributed by atoms with Gasteiger partial charge in [0, 0.05) is 11.0 Å². The highest BCUT2D eigenvalue weighted by Gasteiger charge is 2.05. The molecular weight excluding hydrogens is 148 g/mol. The van der Waals surface area contributed by atoms with Gasteiger partial charge in [-0.25, -0.2) is 0 Å². The maximum atomic E-state index is 11.2. The highest BCUT2D eigenvalue weighted by Crippen LogP contribution is 2.09. The summed E-state index contributed by atoms with van der Waals surface area (Å²) in [5.74, 6) is 5.44. The molecule has 0 aliphatic rings. The lowest BCUT2D eigenvalue weighted by molar-refractivity contribution is -0.110. The summed E-state index contributed by atoms with van der Waals surface area (Å²) in [5, 5.41) is 0. The van der Waals surface area contributed by atoms with Gasteiger partial charge in [-0.05, 0) is 40.5 Å². The first kappa shape index (κ1) is 11.0. The van der Waals surface area contributed by atoms with E-state index in [4.69, 9.17) is 0 Å². The average Bonchev–Trinajstić information content (AvgIpc) is 1.97. The Morgan fingerprint density at radius 1 is 1.33 bits per heavy atom. The molecule has 12 heavy (non-hydrogen) atoms. The van der Waals surface area contributed by atoms with Gasteiger partial charge < -0.3 is 0 Å². The molecule has 0 aliphatic heterocycles. The van der Waals surface area contributed by atoms with Crippen LogP contribution in [0.5, 0.6) is 0 Å². The Balaban J connectivity index is 4.45. The quantitative estimate of drug-likeness (QED) is 0.331. The molecule has 0 heterocycles. The highest BCUT2D eigenvalue weighted by atomic mass is 16.1. The Bertz CT molecular complexity index is 253. The summed E-state index contributed by atoms with van der Waals surface area (Å²) < 4.78 is 0. The average molecular weight is 164 g/mol. The van der Waals surface area contributed by atoms with E-state index in [2.05, 4.69) is 11.8 Å². The van der Waals surface area contributed by atoms with Crippen molar-refractivity contribution in [2.75, 3.05) is 0 Å². The van der Waals surface area contributed by atoms with Crippen molar-refractivity contribution < 1.29 is 4.79 Å². The van der Waals surface area contributed by atoms with Crippen LogP contribution in [0.3, 0.4) is 0 Å². The van der Waals surface area contributed by atoms with Crippen LogP contribution in [0.2, 0.25) is 0 Å². The van der Waals surface area contributed by atoms with E-state index in [9.17, 15) is 4.79 Å². The molecule has 0 saturated heterocycles. The number of ketones is 1. The van der Waals surface area contributed by atoms with E-state index < -0.39 is 0 Å². The third-order valence-electron chi connectivity index (χ3n) is 1.34. The first-order valence-corrected chi connectivity index (χ1v) is 4.07. The van der Waals surface area contributed by atoms with Crippen molar-refractivity contribution in [1.82, 2.24) is 0 Å². The molecule has 1 nitrogen and oxygen atoms in total. The molecule has 0 aromatic carbocycles. The van der Waals surface area contributed by atoms with Crippen LogP contribution in [0.4, 0.5) is 0 Å². The van der Waals surface area contributed by atoms with Crippen LogP contribution in [0.25, 0.3) is 0 Å². The van der Waals surface area contributed by atoms with Crippen molar-refractivity contribution in [1.29, 1.82) is 0 Å². The third-order valence-corrected chi connectivity index (χ3v) is 1.34. The monoisotopic (exact) mass is 164 g/mol. The zero-order valence-corrected chi connectivity index (χ0v) is 8.49. The Morgan fingerprint density at radius 3 is 2.17 bits per heavy atom. The van der Waals surface area contributed by atoms with Gasteiger partial charge in [0.2, 0.25) is 5.78 Å². The predicted octanol–water partition coefficient (Wildman–Crippen LogP) is 2.57. The summed E-state index contributed by atoms with van der Waals surface area (Å²) >= 11 is 0. The van der Waals surface area contributed by atoms with Crippen molar-refractivity contribution >= 4 is 5.78 Å². The molecule has 0 rings (SSSR count). The van der Waals surface area contributed by atoms with E-state index >= 15 is 0 Å². The minimum atomic E-state index is -0.0936. The zero-order valence-electron chi connectivity index (χ0n) is 8.49. The fourth-order valence-corrected chi connectivity index (χ4v) is 0.474. The van der Waals surface area contributed by atoms with Gasteiger partial charge in [-0.1, -0.05) is 12.0 Å². The molecule has 1 heteroatoms. The third kappa shape index (κ3) is 4.73. The second kappa shape index (κ2) is 4.11. The van der Waals surface area contributed by atoms with Crippen molar-refractivity contribution in [3.05, 3.63) is 11.6 Å². The van der Waals surface area contributed by atoms with E-state index in [0.717, 1.165) is 0 Å². The van der Waals surface area contributed by atoms with Crippen LogP contribution in [-0.4, -0.2) is 5.78 Å². The summed E-state index contributed by atoms with van der Waals surface area (Å²) in [6.45, 7) is 9.57. The second-order valence-corrected chi connectivity index (χ2v) is 3.80. The van der Waals surface area contributed by atoms with E-state index in [1.165, 1.54) is 0 Å². The zero-order chi connectivity index (χ0) is 9.78. The molecule has 0 bridgehead atoms. The number of allylic oxidation sites excluding steroid dienone is 2. The molecule has 0 N–H and O–H groups in total. The highest BCUT2D eigenvalue weighted by molar-refractivity contribution is 6.08. The van der Waals surface area contributed by atoms with Crippen LogP contribution in [0.1, 0.15) is 34.6 Å². The van der Waals surface area contributed by atoms with Gasteiger partial charge in [0.1, 0.15) is 0 Å². The van der Waals surface area contributed by atoms with Gasteiger partial charge in [0.05, 0.1) is 0 Å². The van der Waals surface area contributed by atoms with Crippen LogP contribution >= 0.6 is 0 Å². The van der Waals surface area contributed by atoms with Gasteiger partial charge in [-0.15, -0.1) is 0 Å². The van der Waals surface area contributed by atoms with Crippen molar-refractivity contribution in [3.63, 3.8) is 0 Å². The molecule has 0 unspecified atom stereocenters. The summed E-state index contributed by atoms with van der Waals surface area (Å²) in [7, 11) is 0.